The van der Waals surface area contributed by atoms with E-state index in [0.717, 1.165) is 0 Å². The Morgan fingerprint density at radius 3 is 2.83 bits per heavy atom. The second-order valence-electron chi connectivity index (χ2n) is 2.18. The van der Waals surface area contributed by atoms with Crippen LogP contribution < -0.4 is 6.15 Å². The first-order valence-corrected chi connectivity index (χ1v) is 5.47. The summed E-state index contributed by atoms with van der Waals surface area (Å²) >= 11 is -1.22. The van der Waals surface area contributed by atoms with Crippen molar-refractivity contribution in [2.75, 3.05) is 0 Å². The van der Waals surface area contributed by atoms with Crippen molar-refractivity contribution in [3.05, 3.63) is 28.3 Å². The molecule has 0 aliphatic carbocycles. The molecule has 6 heteroatoms. The quantitative estimate of drug-likeness (QED) is 0.433. The van der Waals surface area contributed by atoms with Gasteiger partial charge in [-0.2, -0.15) is 0 Å². The summed E-state index contributed by atoms with van der Waals surface area (Å²) < 4.78 is 10.3. The van der Waals surface area contributed by atoms with Crippen LogP contribution in [0.1, 0.15) is 0 Å². The van der Waals surface area contributed by atoms with Gasteiger partial charge in [-0.05, 0) is 0 Å². The van der Waals surface area contributed by atoms with Crippen LogP contribution in [-0.2, 0) is 0 Å². The molecule has 0 bridgehead atoms. The normalized spacial score (nSPS) is 13.0. The van der Waals surface area contributed by atoms with Crippen molar-refractivity contribution in [1.29, 1.82) is 0 Å². The van der Waals surface area contributed by atoms with Gasteiger partial charge in [-0.1, -0.05) is 0 Å². The summed E-state index contributed by atoms with van der Waals surface area (Å²) in [6.07, 6.45) is 0. The molecular formula is C6H3NO4Sn. The second-order valence-corrected chi connectivity index (χ2v) is 3.82. The third-order valence-electron chi connectivity index (χ3n) is 1.44. The molecule has 0 N–H and O–H groups in total. The molecular weight excluding hydrogens is 269 g/mol. The van der Waals surface area contributed by atoms with Crippen LogP contribution in [0.25, 0.3) is 0 Å². The fourth-order valence-electron chi connectivity index (χ4n) is 0.885. The van der Waals surface area contributed by atoms with Crippen LogP contribution in [0.4, 0.5) is 5.69 Å². The van der Waals surface area contributed by atoms with E-state index in [2.05, 4.69) is 0 Å². The number of benzene rings is 1. The molecule has 1 aromatic rings. The van der Waals surface area contributed by atoms with Gasteiger partial charge in [0.25, 0.3) is 0 Å². The van der Waals surface area contributed by atoms with Gasteiger partial charge in [0.05, 0.1) is 0 Å². The predicted octanol–water partition coefficient (Wildman–Crippen LogP) is 0.900. The van der Waals surface area contributed by atoms with E-state index in [0.29, 0.717) is 11.5 Å². The summed E-state index contributed by atoms with van der Waals surface area (Å²) in [5, 5.41) is 10.3. The van der Waals surface area contributed by atoms with Gasteiger partial charge >= 0.3 is 78.5 Å². The summed E-state index contributed by atoms with van der Waals surface area (Å²) in [5.74, 6) is 1.14. The molecule has 0 saturated heterocycles. The van der Waals surface area contributed by atoms with E-state index < -0.39 is 26.9 Å². The van der Waals surface area contributed by atoms with E-state index in [1.807, 2.05) is 0 Å². The molecule has 0 aromatic heterocycles. The van der Waals surface area contributed by atoms with Crippen molar-refractivity contribution in [3.8, 4) is 11.5 Å². The minimum atomic E-state index is -1.22. The standard InChI is InChI=1S/C6H5NO4.Sn/c8-5-2-1-4(7(10)11)3-6(5)9;/h1-3,8-9H;/q;+2/p-2. The van der Waals surface area contributed by atoms with Crippen LogP contribution in [0, 0.1) is 10.1 Å². The first-order chi connectivity index (χ1) is 5.77. The summed E-state index contributed by atoms with van der Waals surface area (Å²) in [6.45, 7) is 0. The van der Waals surface area contributed by atoms with E-state index >= 15 is 0 Å². The molecule has 0 atom stereocenters. The Bertz CT molecular complexity index is 340. The van der Waals surface area contributed by atoms with E-state index in [-0.39, 0.29) is 5.69 Å². The van der Waals surface area contributed by atoms with Gasteiger partial charge in [-0.25, -0.2) is 0 Å². The maximum atomic E-state index is 10.3. The average Bonchev–Trinajstić information content (AvgIpc) is 2.49. The maximum absolute atomic E-state index is 10.3. The monoisotopic (exact) mass is 273 g/mol. The van der Waals surface area contributed by atoms with Crippen LogP contribution in [0.15, 0.2) is 18.2 Å². The zero-order valence-electron chi connectivity index (χ0n) is 5.81. The Balaban J connectivity index is 2.45. The SMILES string of the molecule is O=[N+]([O-])c1ccc2c(c1)[O][Sn][O]2. The molecule has 60 valence electrons. The molecule has 12 heavy (non-hydrogen) atoms. The van der Waals surface area contributed by atoms with Crippen LogP contribution in [-0.4, -0.2) is 26.9 Å². The molecule has 2 radical (unpaired) electrons. The fraction of sp³-hybridized carbons (Fsp3) is 0. The zero-order valence-corrected chi connectivity index (χ0v) is 8.67. The van der Waals surface area contributed by atoms with Gasteiger partial charge in [-0.15, -0.1) is 0 Å². The molecule has 1 heterocycles. The topological polar surface area (TPSA) is 61.6 Å². The summed E-state index contributed by atoms with van der Waals surface area (Å²) in [5.41, 5.74) is 0.0404. The Morgan fingerprint density at radius 2 is 2.08 bits per heavy atom. The van der Waals surface area contributed by atoms with Crippen molar-refractivity contribution in [2.45, 2.75) is 0 Å². The molecule has 0 unspecified atom stereocenters. The van der Waals surface area contributed by atoms with Gasteiger partial charge < -0.3 is 0 Å². The number of nitro groups is 1. The third kappa shape index (κ3) is 1.20. The van der Waals surface area contributed by atoms with E-state index in [1.54, 1.807) is 6.07 Å². The average molecular weight is 272 g/mol. The zero-order chi connectivity index (χ0) is 8.55. The van der Waals surface area contributed by atoms with Crippen LogP contribution in [0.2, 0.25) is 0 Å². The minimum absolute atomic E-state index is 0.0404. The van der Waals surface area contributed by atoms with Crippen molar-refractivity contribution < 1.29 is 11.1 Å². The Kier molecular flexibility index (Phi) is 1.80. The van der Waals surface area contributed by atoms with Crippen LogP contribution >= 0.6 is 0 Å². The molecule has 1 aliphatic heterocycles. The van der Waals surface area contributed by atoms with Crippen molar-refractivity contribution in [2.24, 2.45) is 0 Å². The number of nitro benzene ring substituents is 1. The Labute approximate surface area is 78.7 Å². The third-order valence-corrected chi connectivity index (χ3v) is 3.17. The van der Waals surface area contributed by atoms with E-state index in [9.17, 15) is 10.1 Å². The van der Waals surface area contributed by atoms with E-state index in [4.69, 9.17) is 6.15 Å². The molecule has 0 amide bonds. The summed E-state index contributed by atoms with van der Waals surface area (Å²) in [4.78, 5) is 9.87. The van der Waals surface area contributed by atoms with Crippen molar-refractivity contribution >= 4 is 27.7 Å². The Morgan fingerprint density at radius 1 is 1.33 bits per heavy atom. The number of hydrogen-bond donors (Lipinski definition) is 0. The van der Waals surface area contributed by atoms with E-state index in [1.165, 1.54) is 12.1 Å². The molecule has 0 saturated carbocycles. The summed E-state index contributed by atoms with van der Waals surface area (Å²) in [7, 11) is 0. The molecule has 0 spiro atoms. The molecule has 1 aromatic carbocycles. The molecule has 0 fully saturated rings. The van der Waals surface area contributed by atoms with Gasteiger partial charge in [0.2, 0.25) is 0 Å². The van der Waals surface area contributed by atoms with Crippen LogP contribution in [0.3, 0.4) is 0 Å². The predicted molar refractivity (Wildman–Crippen MR) is 40.1 cm³/mol. The fourth-order valence-corrected chi connectivity index (χ4v) is 2.45. The molecule has 5 nitrogen and oxygen atoms in total. The van der Waals surface area contributed by atoms with Gasteiger partial charge in [0.15, 0.2) is 0 Å². The van der Waals surface area contributed by atoms with Gasteiger partial charge in [-0.3, -0.25) is 0 Å². The first kappa shape index (κ1) is 7.66. The van der Waals surface area contributed by atoms with Gasteiger partial charge in [0, 0.05) is 0 Å². The number of hydrogen-bond acceptors (Lipinski definition) is 4. The first-order valence-electron chi connectivity index (χ1n) is 3.14. The number of rotatable bonds is 1. The number of nitrogens with zero attached hydrogens (tertiary/aromatic N) is 1. The number of non-ortho nitro benzene ring substituents is 1. The molecule has 1 aliphatic rings. The van der Waals surface area contributed by atoms with Crippen molar-refractivity contribution in [1.82, 2.24) is 0 Å². The van der Waals surface area contributed by atoms with Crippen molar-refractivity contribution in [3.63, 3.8) is 0 Å². The Hall–Kier alpha value is -0.981. The van der Waals surface area contributed by atoms with Crippen LogP contribution in [0.5, 0.6) is 11.5 Å². The number of fused-ring (bicyclic) bond motifs is 1. The summed E-state index contributed by atoms with van der Waals surface area (Å²) in [6, 6.07) is 4.37. The molecule has 2 rings (SSSR count). The van der Waals surface area contributed by atoms with Gasteiger partial charge in [0.1, 0.15) is 0 Å². The second kappa shape index (κ2) is 2.81.